The number of aliphatic hydroxyl groups is 1. The van der Waals surface area contributed by atoms with Crippen LogP contribution in [0, 0.1) is 0 Å². The van der Waals surface area contributed by atoms with E-state index < -0.39 is 13.9 Å². The SMILES string of the molecule is CCCCCCCCCCCCCCCCSCC(O)COP(=O)(OCCBr)OCCBr. The smallest absolute Gasteiger partial charge is 0.390 e. The van der Waals surface area contributed by atoms with E-state index in [0.29, 0.717) is 16.4 Å². The summed E-state index contributed by atoms with van der Waals surface area (Å²) in [5.41, 5.74) is 0. The molecule has 0 saturated carbocycles. The van der Waals surface area contributed by atoms with Crippen LogP contribution in [0.4, 0.5) is 0 Å². The summed E-state index contributed by atoms with van der Waals surface area (Å²) in [6.45, 7) is 2.68. The quantitative estimate of drug-likeness (QED) is 0.0590. The molecular formula is C23H47Br2O5PS. The van der Waals surface area contributed by atoms with E-state index in [-0.39, 0.29) is 19.8 Å². The second-order valence-corrected chi connectivity index (χ2v) is 12.5. The number of alkyl halides is 2. The maximum Gasteiger partial charge on any atom is 0.474 e. The summed E-state index contributed by atoms with van der Waals surface area (Å²) >= 11 is 8.16. The molecule has 0 radical (unpaired) electrons. The van der Waals surface area contributed by atoms with Gasteiger partial charge in [-0.3, -0.25) is 13.6 Å². The molecule has 0 bridgehead atoms. The Labute approximate surface area is 218 Å². The molecule has 0 rings (SSSR count). The predicted molar refractivity (Wildman–Crippen MR) is 147 cm³/mol. The lowest BCUT2D eigenvalue weighted by molar-refractivity contribution is 0.0735. The predicted octanol–water partition coefficient (Wildman–Crippen LogP) is 8.51. The largest absolute Gasteiger partial charge is 0.474 e. The normalized spacial score (nSPS) is 13.0. The number of phosphoric acid groups is 1. The van der Waals surface area contributed by atoms with Crippen LogP contribution < -0.4 is 0 Å². The molecule has 1 atom stereocenters. The second-order valence-electron chi connectivity index (χ2n) is 8.11. The highest BCUT2D eigenvalue weighted by atomic mass is 79.9. The number of hydrogen-bond donors (Lipinski definition) is 1. The minimum atomic E-state index is -3.61. The van der Waals surface area contributed by atoms with Crippen molar-refractivity contribution >= 4 is 51.4 Å². The first-order valence-electron chi connectivity index (χ1n) is 12.5. The Kier molecular flexibility index (Phi) is 26.6. The molecule has 0 aliphatic rings. The summed E-state index contributed by atoms with van der Waals surface area (Å²) in [6.07, 6.45) is 18.4. The van der Waals surface area contributed by atoms with Crippen molar-refractivity contribution in [2.45, 2.75) is 103 Å². The lowest BCUT2D eigenvalue weighted by Gasteiger charge is -2.19. The van der Waals surface area contributed by atoms with Gasteiger partial charge < -0.3 is 5.11 Å². The molecule has 0 aliphatic carbocycles. The first-order chi connectivity index (χ1) is 15.6. The zero-order chi connectivity index (χ0) is 23.8. The molecule has 0 aromatic carbocycles. The number of aliphatic hydroxyl groups excluding tert-OH is 1. The van der Waals surface area contributed by atoms with Crippen molar-refractivity contribution in [2.75, 3.05) is 42.0 Å². The Hall–Kier alpha value is 1.38. The topological polar surface area (TPSA) is 65.0 Å². The van der Waals surface area contributed by atoms with Crippen LogP contribution in [0.3, 0.4) is 0 Å². The molecule has 1 N–H and O–H groups in total. The van der Waals surface area contributed by atoms with Crippen LogP contribution in [-0.4, -0.2) is 53.2 Å². The van der Waals surface area contributed by atoms with Crippen LogP contribution in [0.25, 0.3) is 0 Å². The third-order valence-electron chi connectivity index (χ3n) is 5.03. The Bertz CT molecular complexity index is 423. The van der Waals surface area contributed by atoms with E-state index in [1.54, 1.807) is 11.8 Å². The molecule has 32 heavy (non-hydrogen) atoms. The first-order valence-corrected chi connectivity index (χ1v) is 17.3. The molecule has 0 spiro atoms. The maximum atomic E-state index is 12.4. The van der Waals surface area contributed by atoms with Gasteiger partial charge in [0.05, 0.1) is 25.9 Å². The van der Waals surface area contributed by atoms with Gasteiger partial charge in [0.1, 0.15) is 0 Å². The molecule has 5 nitrogen and oxygen atoms in total. The summed E-state index contributed by atoms with van der Waals surface area (Å²) in [5.74, 6) is 1.60. The zero-order valence-corrected chi connectivity index (χ0v) is 25.0. The van der Waals surface area contributed by atoms with Crippen molar-refractivity contribution in [3.05, 3.63) is 0 Å². The van der Waals surface area contributed by atoms with Gasteiger partial charge >= 0.3 is 7.82 Å². The van der Waals surface area contributed by atoms with E-state index in [2.05, 4.69) is 38.8 Å². The third-order valence-corrected chi connectivity index (χ3v) is 8.34. The van der Waals surface area contributed by atoms with Crippen molar-refractivity contribution in [1.29, 1.82) is 0 Å². The average molecular weight is 626 g/mol. The summed E-state index contributed by atoms with van der Waals surface area (Å²) in [4.78, 5) is 0. The van der Waals surface area contributed by atoms with Gasteiger partial charge in [0.2, 0.25) is 0 Å². The highest BCUT2D eigenvalue weighted by Crippen LogP contribution is 2.49. The van der Waals surface area contributed by atoms with Crippen molar-refractivity contribution in [1.82, 2.24) is 0 Å². The van der Waals surface area contributed by atoms with Gasteiger partial charge in [0.25, 0.3) is 0 Å². The third kappa shape index (κ3) is 23.1. The fourth-order valence-corrected chi connectivity index (χ4v) is 6.22. The first kappa shape index (κ1) is 33.4. The van der Waals surface area contributed by atoms with Crippen molar-refractivity contribution < 1.29 is 23.2 Å². The van der Waals surface area contributed by atoms with Crippen molar-refractivity contribution in [3.63, 3.8) is 0 Å². The van der Waals surface area contributed by atoms with Crippen LogP contribution in [0.2, 0.25) is 0 Å². The lowest BCUT2D eigenvalue weighted by atomic mass is 10.0. The lowest BCUT2D eigenvalue weighted by Crippen LogP contribution is -2.18. The Morgan fingerprint density at radius 3 is 1.62 bits per heavy atom. The highest BCUT2D eigenvalue weighted by molar-refractivity contribution is 9.09. The highest BCUT2D eigenvalue weighted by Gasteiger charge is 2.27. The van der Waals surface area contributed by atoms with E-state index in [1.165, 1.54) is 89.9 Å². The molecule has 0 heterocycles. The van der Waals surface area contributed by atoms with E-state index in [4.69, 9.17) is 13.6 Å². The zero-order valence-electron chi connectivity index (χ0n) is 20.1. The van der Waals surface area contributed by atoms with Gasteiger partial charge in [-0.2, -0.15) is 11.8 Å². The summed E-state index contributed by atoms with van der Waals surface area (Å²) in [5, 5.41) is 11.2. The Morgan fingerprint density at radius 2 is 1.19 bits per heavy atom. The molecule has 0 aromatic rings. The summed E-state index contributed by atoms with van der Waals surface area (Å²) in [7, 11) is -3.61. The van der Waals surface area contributed by atoms with Crippen LogP contribution in [0.1, 0.15) is 96.8 Å². The number of halogens is 2. The fourth-order valence-electron chi connectivity index (χ4n) is 3.25. The van der Waals surface area contributed by atoms with Gasteiger partial charge in [-0.1, -0.05) is 122 Å². The van der Waals surface area contributed by atoms with Crippen molar-refractivity contribution in [3.8, 4) is 0 Å². The molecule has 0 fully saturated rings. The van der Waals surface area contributed by atoms with Gasteiger partial charge in [0, 0.05) is 16.4 Å². The summed E-state index contributed by atoms with van der Waals surface area (Å²) in [6, 6.07) is 0. The molecule has 0 aromatic heterocycles. The van der Waals surface area contributed by atoms with E-state index in [1.807, 2.05) is 0 Å². The van der Waals surface area contributed by atoms with Gasteiger partial charge in [-0.05, 0) is 12.2 Å². The van der Waals surface area contributed by atoms with E-state index in [9.17, 15) is 9.67 Å². The number of hydrogen-bond acceptors (Lipinski definition) is 6. The van der Waals surface area contributed by atoms with Crippen LogP contribution >= 0.6 is 51.4 Å². The average Bonchev–Trinajstić information content (AvgIpc) is 2.80. The molecule has 194 valence electrons. The second kappa shape index (κ2) is 25.5. The minimum Gasteiger partial charge on any atom is -0.390 e. The minimum absolute atomic E-state index is 0.0480. The standard InChI is InChI=1S/C23H47Br2O5PS/c1-2-3-4-5-6-7-8-9-10-11-12-13-14-15-20-32-22-23(26)21-30-31(27,28-18-16-24)29-19-17-25/h23,26H,2-22H2,1H3. The Balaban J connectivity index is 3.49. The fraction of sp³-hybridized carbons (Fsp3) is 1.00. The van der Waals surface area contributed by atoms with Crippen LogP contribution in [-0.2, 0) is 18.1 Å². The molecule has 0 saturated heterocycles. The maximum absolute atomic E-state index is 12.4. The summed E-state index contributed by atoms with van der Waals surface area (Å²) < 4.78 is 28.1. The molecule has 1 unspecified atom stereocenters. The molecule has 0 amide bonds. The molecular weight excluding hydrogens is 579 g/mol. The van der Waals surface area contributed by atoms with Crippen molar-refractivity contribution in [2.24, 2.45) is 0 Å². The number of rotatable bonds is 26. The number of unbranched alkanes of at least 4 members (excludes halogenated alkanes) is 13. The monoisotopic (exact) mass is 624 g/mol. The van der Waals surface area contributed by atoms with Crippen LogP contribution in [0.5, 0.6) is 0 Å². The van der Waals surface area contributed by atoms with Gasteiger partial charge in [0.15, 0.2) is 0 Å². The van der Waals surface area contributed by atoms with Gasteiger partial charge in [-0.25, -0.2) is 4.57 Å². The number of phosphoric ester groups is 1. The van der Waals surface area contributed by atoms with E-state index in [0.717, 1.165) is 5.75 Å². The van der Waals surface area contributed by atoms with Crippen LogP contribution in [0.15, 0.2) is 0 Å². The molecule has 9 heteroatoms. The van der Waals surface area contributed by atoms with Gasteiger partial charge in [-0.15, -0.1) is 0 Å². The molecule has 0 aliphatic heterocycles. The van der Waals surface area contributed by atoms with E-state index >= 15 is 0 Å². The number of thioether (sulfide) groups is 1. The Morgan fingerprint density at radius 1 is 0.750 bits per heavy atom.